The van der Waals surface area contributed by atoms with Gasteiger partial charge in [-0.05, 0) is 46.8 Å². The zero-order valence-electron chi connectivity index (χ0n) is 25.6. The number of ether oxygens (including phenoxy) is 1. The van der Waals surface area contributed by atoms with Crippen molar-refractivity contribution in [3.8, 4) is 28.7 Å². The largest absolute Gasteiger partial charge is 0.510 e. The van der Waals surface area contributed by atoms with Crippen LogP contribution in [0.1, 0.15) is 26.3 Å². The standard InChI is InChI=1S/C40H30N4O.Pt/c1-40(2,3)28-23-30(43-27-42(29-13-5-4-6-14-29)36-17-9-10-18-37(36)43)25-32(24-28)45-31-20-21-34-33-15-7-8-16-35(33)44(38(34)26-31)39-19-11-12-22-41-39;/h4-24H,1-3H3;/q-2;. The summed E-state index contributed by atoms with van der Waals surface area (Å²) in [6.45, 7) is 6.63. The van der Waals surface area contributed by atoms with E-state index >= 15 is 0 Å². The minimum absolute atomic E-state index is 0. The molecular weight excluding hydrogens is 748 g/mol. The van der Waals surface area contributed by atoms with Gasteiger partial charge in [-0.2, -0.15) is 17.7 Å². The molecule has 8 aromatic rings. The fraction of sp³-hybridized carbons (Fsp3) is 0.100. The molecule has 3 aromatic heterocycles. The molecule has 0 unspecified atom stereocenters. The van der Waals surface area contributed by atoms with Crippen LogP contribution in [0, 0.1) is 18.5 Å². The average Bonchev–Trinajstić information content (AvgIpc) is 3.61. The molecule has 0 saturated heterocycles. The van der Waals surface area contributed by atoms with Gasteiger partial charge in [0.1, 0.15) is 5.82 Å². The van der Waals surface area contributed by atoms with Crippen molar-refractivity contribution in [3.05, 3.63) is 152 Å². The SMILES string of the molecule is CC(C)(C)c1cc(Oc2[c-]c3c(cc2)c2ccccc2n3-c2ccccn2)[c-]c(-[n+]2[c-]n(-c3ccccc3)c3ccccc32)c1.[Pt]. The number of benzene rings is 5. The van der Waals surface area contributed by atoms with E-state index in [0.29, 0.717) is 11.5 Å². The van der Waals surface area contributed by atoms with Gasteiger partial charge in [-0.15, -0.1) is 29.7 Å². The maximum absolute atomic E-state index is 6.60. The minimum atomic E-state index is -0.126. The smallest absolute Gasteiger partial charge is 0.268 e. The van der Waals surface area contributed by atoms with E-state index in [1.807, 2.05) is 48.7 Å². The summed E-state index contributed by atoms with van der Waals surface area (Å²) in [4.78, 5) is 4.66. The van der Waals surface area contributed by atoms with Gasteiger partial charge in [-0.3, -0.25) is 4.57 Å². The summed E-state index contributed by atoms with van der Waals surface area (Å²) in [7, 11) is 0. The average molecular weight is 778 g/mol. The van der Waals surface area contributed by atoms with Crippen molar-refractivity contribution in [3.63, 3.8) is 0 Å². The molecule has 3 heterocycles. The molecule has 228 valence electrons. The van der Waals surface area contributed by atoms with E-state index in [-0.39, 0.29) is 26.5 Å². The van der Waals surface area contributed by atoms with Crippen LogP contribution in [0.3, 0.4) is 0 Å². The maximum atomic E-state index is 6.60. The van der Waals surface area contributed by atoms with Crippen molar-refractivity contribution in [1.82, 2.24) is 14.1 Å². The number of aromatic nitrogens is 4. The molecule has 0 fully saturated rings. The Labute approximate surface area is 282 Å². The second-order valence-corrected chi connectivity index (χ2v) is 12.2. The van der Waals surface area contributed by atoms with Gasteiger partial charge in [0, 0.05) is 44.3 Å². The first-order valence-electron chi connectivity index (χ1n) is 15.1. The van der Waals surface area contributed by atoms with Crippen molar-refractivity contribution in [2.24, 2.45) is 0 Å². The van der Waals surface area contributed by atoms with Crippen LogP contribution in [0.2, 0.25) is 0 Å². The Morgan fingerprint density at radius 1 is 0.696 bits per heavy atom. The van der Waals surface area contributed by atoms with Gasteiger partial charge in [0.25, 0.3) is 6.33 Å². The summed E-state index contributed by atoms with van der Waals surface area (Å²) in [6.07, 6.45) is 5.40. The molecule has 0 aliphatic heterocycles. The minimum Gasteiger partial charge on any atom is -0.510 e. The molecule has 0 saturated carbocycles. The molecule has 46 heavy (non-hydrogen) atoms. The van der Waals surface area contributed by atoms with Crippen molar-refractivity contribution in [1.29, 1.82) is 0 Å². The number of hydrogen-bond donors (Lipinski definition) is 0. The number of para-hydroxylation sites is 4. The van der Waals surface area contributed by atoms with E-state index in [4.69, 9.17) is 4.74 Å². The van der Waals surface area contributed by atoms with Gasteiger partial charge in [-0.1, -0.05) is 93.0 Å². The third-order valence-electron chi connectivity index (χ3n) is 8.17. The van der Waals surface area contributed by atoms with Gasteiger partial charge < -0.3 is 13.9 Å². The van der Waals surface area contributed by atoms with Crippen LogP contribution < -0.4 is 9.30 Å². The van der Waals surface area contributed by atoms with E-state index in [1.165, 1.54) is 0 Å². The number of rotatable bonds is 5. The normalized spacial score (nSPS) is 11.6. The Bertz CT molecular complexity index is 2330. The van der Waals surface area contributed by atoms with E-state index < -0.39 is 0 Å². The van der Waals surface area contributed by atoms with Crippen LogP contribution in [0.25, 0.3) is 50.0 Å². The van der Waals surface area contributed by atoms with E-state index in [9.17, 15) is 0 Å². The molecule has 0 atom stereocenters. The van der Waals surface area contributed by atoms with Crippen molar-refractivity contribution in [2.75, 3.05) is 0 Å². The fourth-order valence-electron chi connectivity index (χ4n) is 5.92. The van der Waals surface area contributed by atoms with Gasteiger partial charge in [0.05, 0.1) is 16.7 Å². The second kappa shape index (κ2) is 11.7. The first-order chi connectivity index (χ1) is 21.9. The summed E-state index contributed by atoms with van der Waals surface area (Å²) in [5, 5.41) is 2.24. The molecule has 5 aromatic carbocycles. The van der Waals surface area contributed by atoms with E-state index in [0.717, 1.165) is 55.6 Å². The van der Waals surface area contributed by atoms with Crippen LogP contribution in [0.4, 0.5) is 0 Å². The second-order valence-electron chi connectivity index (χ2n) is 12.2. The van der Waals surface area contributed by atoms with Crippen molar-refractivity contribution >= 4 is 32.8 Å². The zero-order chi connectivity index (χ0) is 30.5. The van der Waals surface area contributed by atoms with Crippen LogP contribution in [0.5, 0.6) is 11.5 Å². The maximum Gasteiger partial charge on any atom is 0.268 e. The topological polar surface area (TPSA) is 35.9 Å². The summed E-state index contributed by atoms with van der Waals surface area (Å²) in [5.74, 6) is 2.06. The number of fused-ring (bicyclic) bond motifs is 4. The quantitative estimate of drug-likeness (QED) is 0.129. The summed E-state index contributed by atoms with van der Waals surface area (Å²) in [5.41, 5.74) is 6.98. The van der Waals surface area contributed by atoms with Crippen LogP contribution in [-0.4, -0.2) is 14.1 Å². The summed E-state index contributed by atoms with van der Waals surface area (Å²) in [6, 6.07) is 48.4. The molecule has 0 bridgehead atoms. The first kappa shape index (κ1) is 29.7. The Kier molecular flexibility index (Phi) is 7.58. The number of pyridine rings is 1. The van der Waals surface area contributed by atoms with Crippen LogP contribution in [-0.2, 0) is 26.5 Å². The molecule has 6 heteroatoms. The Hall–Kier alpha value is -4.99. The van der Waals surface area contributed by atoms with Crippen molar-refractivity contribution in [2.45, 2.75) is 26.2 Å². The van der Waals surface area contributed by atoms with Crippen molar-refractivity contribution < 1.29 is 30.4 Å². The summed E-state index contributed by atoms with van der Waals surface area (Å²) >= 11 is 0. The molecule has 0 radical (unpaired) electrons. The number of imidazole rings is 1. The molecular formula is C40H30N4OPt-2. The van der Waals surface area contributed by atoms with E-state index in [2.05, 4.69) is 137 Å². The third-order valence-corrected chi connectivity index (χ3v) is 8.17. The Morgan fingerprint density at radius 3 is 2.22 bits per heavy atom. The third kappa shape index (κ3) is 5.21. The van der Waals surface area contributed by atoms with Gasteiger partial charge >= 0.3 is 0 Å². The first-order valence-corrected chi connectivity index (χ1v) is 15.1. The molecule has 0 aliphatic rings. The monoisotopic (exact) mass is 777 g/mol. The Balaban J connectivity index is 0.00000338. The van der Waals surface area contributed by atoms with Crippen LogP contribution >= 0.6 is 0 Å². The molecule has 0 aliphatic carbocycles. The Morgan fingerprint density at radius 2 is 1.43 bits per heavy atom. The van der Waals surface area contributed by atoms with Gasteiger partial charge in [-0.25, -0.2) is 4.98 Å². The molecule has 8 rings (SSSR count). The number of hydrogen-bond acceptors (Lipinski definition) is 2. The predicted molar refractivity (Wildman–Crippen MR) is 179 cm³/mol. The molecule has 0 N–H and O–H groups in total. The fourth-order valence-corrected chi connectivity index (χ4v) is 5.92. The molecule has 0 amide bonds. The van der Waals surface area contributed by atoms with Gasteiger partial charge in [0.2, 0.25) is 0 Å². The predicted octanol–water partition coefficient (Wildman–Crippen LogP) is 8.89. The molecule has 5 nitrogen and oxygen atoms in total. The zero-order valence-corrected chi connectivity index (χ0v) is 27.9. The van der Waals surface area contributed by atoms with Crippen LogP contribution in [0.15, 0.2) is 128 Å². The molecule has 0 spiro atoms. The summed E-state index contributed by atoms with van der Waals surface area (Å²) < 4.78 is 12.9. The van der Waals surface area contributed by atoms with E-state index in [1.54, 1.807) is 0 Å². The number of nitrogens with zero attached hydrogens (tertiary/aromatic N) is 4. The van der Waals surface area contributed by atoms with Gasteiger partial charge in [0.15, 0.2) is 0 Å².